The lowest BCUT2D eigenvalue weighted by Gasteiger charge is -2.37. The van der Waals surface area contributed by atoms with Gasteiger partial charge in [-0.1, -0.05) is 113 Å². The minimum absolute atomic E-state index is 0.0460. The second kappa shape index (κ2) is 17.0. The van der Waals surface area contributed by atoms with Crippen LogP contribution in [0.3, 0.4) is 0 Å². The van der Waals surface area contributed by atoms with Gasteiger partial charge < -0.3 is 0 Å². The zero-order valence-corrected chi connectivity index (χ0v) is 27.1. The lowest BCUT2D eigenvalue weighted by molar-refractivity contribution is -0.129. The Kier molecular flexibility index (Phi) is 16.2. The summed E-state index contributed by atoms with van der Waals surface area (Å²) in [6, 6.07) is 6.10. The third-order valence-corrected chi connectivity index (χ3v) is 8.68. The molecule has 3 atom stereocenters. The molecule has 0 aromatic heterocycles. The highest BCUT2D eigenvalue weighted by Crippen LogP contribution is 2.40. The van der Waals surface area contributed by atoms with Crippen LogP contribution in [0.1, 0.15) is 149 Å². The average molecular weight is 529 g/mol. The van der Waals surface area contributed by atoms with Gasteiger partial charge in [-0.05, 0) is 66.9 Å². The first kappa shape index (κ1) is 36.2. The SMILES string of the molecule is CCC.CCC(C)(C)C(C)(C)C.CCCC(CC1CC(=O)c2c(C)cccc2C1)C(CC)C(=O)CC(C)=O. The van der Waals surface area contributed by atoms with Crippen LogP contribution in [-0.2, 0) is 16.0 Å². The van der Waals surface area contributed by atoms with Gasteiger partial charge in [0.05, 0.1) is 6.42 Å². The predicted molar refractivity (Wildman–Crippen MR) is 164 cm³/mol. The van der Waals surface area contributed by atoms with E-state index in [9.17, 15) is 14.4 Å². The Hall–Kier alpha value is -1.77. The fourth-order valence-corrected chi connectivity index (χ4v) is 5.22. The molecule has 3 nitrogen and oxygen atoms in total. The van der Waals surface area contributed by atoms with Crippen LogP contribution in [0.2, 0.25) is 0 Å². The smallest absolute Gasteiger partial charge is 0.163 e. The fourth-order valence-electron chi connectivity index (χ4n) is 5.22. The Labute approximate surface area is 236 Å². The molecule has 1 aliphatic rings. The van der Waals surface area contributed by atoms with Crippen LogP contribution >= 0.6 is 0 Å². The van der Waals surface area contributed by atoms with Crippen LogP contribution in [-0.4, -0.2) is 17.3 Å². The zero-order valence-electron chi connectivity index (χ0n) is 27.1. The van der Waals surface area contributed by atoms with Crippen molar-refractivity contribution in [1.82, 2.24) is 0 Å². The number of rotatable bonds is 10. The molecule has 0 bridgehead atoms. The molecule has 0 spiro atoms. The fraction of sp³-hybridized carbons (Fsp3) is 0.743. The van der Waals surface area contributed by atoms with Crippen molar-refractivity contribution in [1.29, 1.82) is 0 Å². The van der Waals surface area contributed by atoms with Gasteiger partial charge >= 0.3 is 0 Å². The number of ketones is 3. The van der Waals surface area contributed by atoms with E-state index in [1.165, 1.54) is 19.8 Å². The molecule has 0 N–H and O–H groups in total. The van der Waals surface area contributed by atoms with Gasteiger partial charge in [0.2, 0.25) is 0 Å². The summed E-state index contributed by atoms with van der Waals surface area (Å²) in [4.78, 5) is 36.6. The Balaban J connectivity index is 0.000000956. The molecule has 3 unspecified atom stereocenters. The number of carbonyl (C=O) groups excluding carboxylic acids is 3. The number of hydrogen-bond acceptors (Lipinski definition) is 3. The summed E-state index contributed by atoms with van der Waals surface area (Å²) < 4.78 is 0. The summed E-state index contributed by atoms with van der Waals surface area (Å²) in [5.74, 6) is 0.770. The molecule has 218 valence electrons. The standard InChI is InChI=1S/C23H32O3.C9H20.C3H8/c1-5-8-18(20(6-2)21(25)11-16(4)24)12-17-13-19-10-7-9-15(3)23(19)22(26)14-17;1-7-9(5,6)8(2,3)4;1-3-2/h7,9-10,17-18,20H,5-6,8,11-14H2,1-4H3;7H2,1-6H3;3H2,1-2H3. The van der Waals surface area contributed by atoms with Crippen molar-refractivity contribution in [2.45, 2.75) is 141 Å². The Morgan fingerprint density at radius 2 is 1.55 bits per heavy atom. The molecule has 0 saturated heterocycles. The molecule has 38 heavy (non-hydrogen) atoms. The van der Waals surface area contributed by atoms with Crippen LogP contribution in [0, 0.1) is 35.5 Å². The predicted octanol–water partition coefficient (Wildman–Crippen LogP) is 10.0. The van der Waals surface area contributed by atoms with Crippen LogP contribution < -0.4 is 0 Å². The molecular formula is C35H60O3. The lowest BCUT2D eigenvalue weighted by atomic mass is 9.68. The summed E-state index contributed by atoms with van der Waals surface area (Å²) in [5, 5.41) is 0. The third-order valence-electron chi connectivity index (χ3n) is 8.68. The van der Waals surface area contributed by atoms with Gasteiger partial charge in [-0.2, -0.15) is 0 Å². The number of carbonyl (C=O) groups is 3. The topological polar surface area (TPSA) is 51.2 Å². The summed E-state index contributed by atoms with van der Waals surface area (Å²) in [6.07, 6.45) is 7.72. The summed E-state index contributed by atoms with van der Waals surface area (Å²) in [6.45, 7) is 25.7. The number of hydrogen-bond donors (Lipinski definition) is 0. The molecule has 0 heterocycles. The van der Waals surface area contributed by atoms with E-state index in [1.807, 2.05) is 26.0 Å². The average Bonchev–Trinajstić information content (AvgIpc) is 2.79. The highest BCUT2D eigenvalue weighted by Gasteiger charge is 2.33. The Morgan fingerprint density at radius 3 is 1.97 bits per heavy atom. The van der Waals surface area contributed by atoms with Crippen LogP contribution in [0.5, 0.6) is 0 Å². The number of Topliss-reactive ketones (excluding diaryl/α,β-unsaturated/α-hetero) is 3. The van der Waals surface area contributed by atoms with Gasteiger partial charge in [0.15, 0.2) is 5.78 Å². The molecule has 0 fully saturated rings. The van der Waals surface area contributed by atoms with E-state index in [2.05, 4.69) is 68.4 Å². The van der Waals surface area contributed by atoms with Crippen LogP contribution in [0.4, 0.5) is 0 Å². The molecule has 0 aliphatic heterocycles. The van der Waals surface area contributed by atoms with Gasteiger partial charge in [-0.25, -0.2) is 0 Å². The van der Waals surface area contributed by atoms with Crippen molar-refractivity contribution in [2.75, 3.05) is 0 Å². The van der Waals surface area contributed by atoms with E-state index in [-0.39, 0.29) is 35.6 Å². The first-order valence-electron chi connectivity index (χ1n) is 15.2. The van der Waals surface area contributed by atoms with E-state index >= 15 is 0 Å². The maximum Gasteiger partial charge on any atom is 0.163 e. The van der Waals surface area contributed by atoms with Gasteiger partial charge in [0.25, 0.3) is 0 Å². The van der Waals surface area contributed by atoms with Gasteiger partial charge in [0, 0.05) is 17.9 Å². The molecule has 0 radical (unpaired) electrons. The first-order valence-corrected chi connectivity index (χ1v) is 15.2. The van der Waals surface area contributed by atoms with Crippen molar-refractivity contribution < 1.29 is 14.4 Å². The maximum absolute atomic E-state index is 12.7. The molecule has 1 aromatic rings. The molecule has 0 amide bonds. The first-order chi connectivity index (χ1) is 17.6. The molecule has 2 rings (SSSR count). The number of aryl methyl sites for hydroxylation is 1. The molecule has 1 aromatic carbocycles. The van der Waals surface area contributed by atoms with Gasteiger partial charge in [-0.15, -0.1) is 0 Å². The Morgan fingerprint density at radius 1 is 0.974 bits per heavy atom. The van der Waals surface area contributed by atoms with Crippen molar-refractivity contribution in [3.63, 3.8) is 0 Å². The van der Waals surface area contributed by atoms with Crippen molar-refractivity contribution >= 4 is 17.3 Å². The quantitative estimate of drug-likeness (QED) is 0.284. The van der Waals surface area contributed by atoms with E-state index in [0.717, 1.165) is 48.8 Å². The summed E-state index contributed by atoms with van der Waals surface area (Å²) in [7, 11) is 0. The van der Waals surface area contributed by atoms with Gasteiger partial charge in [-0.3, -0.25) is 14.4 Å². The van der Waals surface area contributed by atoms with E-state index < -0.39 is 0 Å². The van der Waals surface area contributed by atoms with Crippen molar-refractivity contribution in [2.24, 2.45) is 28.6 Å². The molecule has 3 heteroatoms. The minimum atomic E-state index is -0.0622. The highest BCUT2D eigenvalue weighted by atomic mass is 16.1. The van der Waals surface area contributed by atoms with E-state index in [1.54, 1.807) is 0 Å². The van der Waals surface area contributed by atoms with E-state index in [4.69, 9.17) is 0 Å². The normalized spacial score (nSPS) is 16.7. The van der Waals surface area contributed by atoms with Crippen LogP contribution in [0.15, 0.2) is 18.2 Å². The maximum atomic E-state index is 12.7. The Bertz CT molecular complexity index is 872. The second-order valence-corrected chi connectivity index (χ2v) is 13.1. The highest BCUT2D eigenvalue weighted by molar-refractivity contribution is 6.00. The van der Waals surface area contributed by atoms with Gasteiger partial charge in [0.1, 0.15) is 11.6 Å². The number of benzene rings is 1. The number of fused-ring (bicyclic) bond motifs is 1. The monoisotopic (exact) mass is 528 g/mol. The third kappa shape index (κ3) is 11.5. The summed E-state index contributed by atoms with van der Waals surface area (Å²) in [5.41, 5.74) is 4.06. The van der Waals surface area contributed by atoms with Crippen LogP contribution in [0.25, 0.3) is 0 Å². The molecule has 1 aliphatic carbocycles. The molecule has 0 saturated carbocycles. The largest absolute Gasteiger partial charge is 0.300 e. The zero-order chi connectivity index (χ0) is 29.7. The summed E-state index contributed by atoms with van der Waals surface area (Å²) >= 11 is 0. The minimum Gasteiger partial charge on any atom is -0.300 e. The van der Waals surface area contributed by atoms with Crippen molar-refractivity contribution in [3.8, 4) is 0 Å². The van der Waals surface area contributed by atoms with Crippen molar-refractivity contribution in [3.05, 3.63) is 34.9 Å². The lowest BCUT2D eigenvalue weighted by Crippen LogP contribution is -2.29. The second-order valence-electron chi connectivity index (χ2n) is 13.1. The molecular weight excluding hydrogens is 468 g/mol. The van der Waals surface area contributed by atoms with E-state index in [0.29, 0.717) is 23.2 Å².